The number of aryl methyl sites for hydroxylation is 2. The molecule has 3 aromatic rings. The summed E-state index contributed by atoms with van der Waals surface area (Å²) in [4.78, 5) is 12.4. The first-order valence-corrected chi connectivity index (χ1v) is 10.5. The van der Waals surface area contributed by atoms with E-state index in [1.807, 2.05) is 56.3 Å². The molecule has 0 radical (unpaired) electrons. The Labute approximate surface area is 197 Å². The highest BCUT2D eigenvalue weighted by molar-refractivity contribution is 6.32. The SMILES string of the molecule is COc1ccc(/C=C(\C#N)C(=O)NCc2ccc(Oc3cc(C)c(Cl)c(C)c3)cc2)cc1O. The van der Waals surface area contributed by atoms with Crippen molar-refractivity contribution in [1.82, 2.24) is 5.32 Å². The zero-order chi connectivity index (χ0) is 24.0. The molecule has 0 saturated carbocycles. The average molecular weight is 463 g/mol. The fraction of sp³-hybridized carbons (Fsp3) is 0.154. The Morgan fingerprint density at radius 1 is 1.09 bits per heavy atom. The number of nitriles is 1. The van der Waals surface area contributed by atoms with Crippen LogP contribution in [0.5, 0.6) is 23.0 Å². The number of rotatable bonds is 7. The van der Waals surface area contributed by atoms with E-state index in [-0.39, 0.29) is 17.9 Å². The van der Waals surface area contributed by atoms with Crippen LogP contribution in [-0.4, -0.2) is 18.1 Å². The molecule has 0 spiro atoms. The van der Waals surface area contributed by atoms with E-state index in [9.17, 15) is 15.2 Å². The molecule has 2 N–H and O–H groups in total. The minimum atomic E-state index is -0.514. The van der Waals surface area contributed by atoms with Gasteiger partial charge in [-0.2, -0.15) is 5.26 Å². The molecule has 33 heavy (non-hydrogen) atoms. The van der Waals surface area contributed by atoms with Gasteiger partial charge in [0.2, 0.25) is 0 Å². The maximum absolute atomic E-state index is 12.4. The van der Waals surface area contributed by atoms with Gasteiger partial charge in [0.25, 0.3) is 5.91 Å². The summed E-state index contributed by atoms with van der Waals surface area (Å²) in [5.74, 6) is 1.08. The van der Waals surface area contributed by atoms with E-state index in [4.69, 9.17) is 21.1 Å². The Morgan fingerprint density at radius 2 is 1.76 bits per heavy atom. The predicted molar refractivity (Wildman–Crippen MR) is 128 cm³/mol. The lowest BCUT2D eigenvalue weighted by Crippen LogP contribution is -2.23. The van der Waals surface area contributed by atoms with Gasteiger partial charge in [-0.05, 0) is 78.6 Å². The van der Waals surface area contributed by atoms with E-state index in [2.05, 4.69) is 5.32 Å². The van der Waals surface area contributed by atoms with Crippen molar-refractivity contribution in [1.29, 1.82) is 5.26 Å². The van der Waals surface area contributed by atoms with Crippen LogP contribution in [0.4, 0.5) is 0 Å². The molecule has 0 aliphatic rings. The van der Waals surface area contributed by atoms with E-state index >= 15 is 0 Å². The van der Waals surface area contributed by atoms with Gasteiger partial charge in [0, 0.05) is 11.6 Å². The van der Waals surface area contributed by atoms with Gasteiger partial charge in [0.05, 0.1) is 7.11 Å². The monoisotopic (exact) mass is 462 g/mol. The molecule has 0 saturated heterocycles. The third-order valence-electron chi connectivity index (χ3n) is 4.90. The lowest BCUT2D eigenvalue weighted by atomic mass is 10.1. The normalized spacial score (nSPS) is 10.9. The molecule has 0 aromatic heterocycles. The standard InChI is InChI=1S/C26H23ClN2O4/c1-16-10-22(11-17(2)25(16)27)33-21-7-4-18(5-8-21)15-29-26(31)20(14-28)12-19-6-9-24(32-3)23(30)13-19/h4-13,30H,15H2,1-3H3,(H,29,31)/b20-12+. The summed E-state index contributed by atoms with van der Waals surface area (Å²) in [6, 6.07) is 17.6. The predicted octanol–water partition coefficient (Wildman–Crippen LogP) is 5.69. The van der Waals surface area contributed by atoms with Crippen molar-refractivity contribution in [2.45, 2.75) is 20.4 Å². The third-order valence-corrected chi connectivity index (χ3v) is 5.50. The summed E-state index contributed by atoms with van der Waals surface area (Å²) in [5, 5.41) is 22.7. The zero-order valence-corrected chi connectivity index (χ0v) is 19.2. The van der Waals surface area contributed by atoms with Gasteiger partial charge in [-0.15, -0.1) is 0 Å². The molecule has 0 fully saturated rings. The molecule has 0 aliphatic heterocycles. The number of aromatic hydroxyl groups is 1. The van der Waals surface area contributed by atoms with Crippen molar-refractivity contribution in [3.63, 3.8) is 0 Å². The van der Waals surface area contributed by atoms with Crippen LogP contribution >= 0.6 is 11.6 Å². The number of carbonyl (C=O) groups is 1. The smallest absolute Gasteiger partial charge is 0.262 e. The Balaban J connectivity index is 1.62. The lowest BCUT2D eigenvalue weighted by Gasteiger charge is -2.10. The molecule has 0 aliphatic carbocycles. The van der Waals surface area contributed by atoms with Crippen molar-refractivity contribution in [2.75, 3.05) is 7.11 Å². The number of ether oxygens (including phenoxy) is 2. The molecule has 0 heterocycles. The van der Waals surface area contributed by atoms with Gasteiger partial charge in [-0.25, -0.2) is 0 Å². The number of nitrogens with one attached hydrogen (secondary N) is 1. The fourth-order valence-corrected chi connectivity index (χ4v) is 3.28. The maximum atomic E-state index is 12.4. The first-order valence-electron chi connectivity index (χ1n) is 10.1. The number of halogens is 1. The van der Waals surface area contributed by atoms with E-state index in [1.54, 1.807) is 12.1 Å². The molecule has 0 bridgehead atoms. The zero-order valence-electron chi connectivity index (χ0n) is 18.5. The average Bonchev–Trinajstić information content (AvgIpc) is 2.80. The van der Waals surface area contributed by atoms with Gasteiger partial charge in [0.15, 0.2) is 11.5 Å². The van der Waals surface area contributed by atoms with Crippen molar-refractivity contribution in [3.05, 3.63) is 87.4 Å². The number of nitrogens with zero attached hydrogens (tertiary/aromatic N) is 1. The highest BCUT2D eigenvalue weighted by Gasteiger charge is 2.10. The van der Waals surface area contributed by atoms with Gasteiger partial charge in [-0.1, -0.05) is 29.8 Å². The second-order valence-electron chi connectivity index (χ2n) is 7.40. The summed E-state index contributed by atoms with van der Waals surface area (Å²) in [6.07, 6.45) is 1.40. The first kappa shape index (κ1) is 23.7. The Morgan fingerprint density at radius 3 is 2.33 bits per heavy atom. The first-order chi connectivity index (χ1) is 15.8. The van der Waals surface area contributed by atoms with Crippen molar-refractivity contribution >= 4 is 23.6 Å². The van der Waals surface area contributed by atoms with Crippen molar-refractivity contribution < 1.29 is 19.4 Å². The van der Waals surface area contributed by atoms with E-state index in [0.717, 1.165) is 21.7 Å². The Hall–Kier alpha value is -3.95. The van der Waals surface area contributed by atoms with Crippen LogP contribution < -0.4 is 14.8 Å². The van der Waals surface area contributed by atoms with E-state index in [1.165, 1.54) is 19.3 Å². The maximum Gasteiger partial charge on any atom is 0.262 e. The summed E-state index contributed by atoms with van der Waals surface area (Å²) in [7, 11) is 1.44. The van der Waals surface area contributed by atoms with Crippen molar-refractivity contribution in [2.24, 2.45) is 0 Å². The van der Waals surface area contributed by atoms with Crippen LogP contribution in [0.3, 0.4) is 0 Å². The topological polar surface area (TPSA) is 91.6 Å². The summed E-state index contributed by atoms with van der Waals surface area (Å²) < 4.78 is 10.9. The third kappa shape index (κ3) is 6.06. The lowest BCUT2D eigenvalue weighted by molar-refractivity contribution is -0.117. The van der Waals surface area contributed by atoms with Gasteiger partial charge in [0.1, 0.15) is 23.1 Å². The molecule has 0 atom stereocenters. The molecule has 1 amide bonds. The summed E-state index contributed by atoms with van der Waals surface area (Å²) >= 11 is 6.20. The molecule has 6 nitrogen and oxygen atoms in total. The number of methoxy groups -OCH3 is 1. The minimum Gasteiger partial charge on any atom is -0.504 e. The van der Waals surface area contributed by atoms with E-state index < -0.39 is 5.91 Å². The highest BCUT2D eigenvalue weighted by atomic mass is 35.5. The van der Waals surface area contributed by atoms with E-state index in [0.29, 0.717) is 22.8 Å². The molecule has 3 rings (SSSR count). The molecule has 3 aromatic carbocycles. The summed E-state index contributed by atoms with van der Waals surface area (Å²) in [6.45, 7) is 4.09. The van der Waals surface area contributed by atoms with Crippen LogP contribution in [-0.2, 0) is 11.3 Å². The van der Waals surface area contributed by atoms with Crippen LogP contribution in [0.1, 0.15) is 22.3 Å². The fourth-order valence-electron chi connectivity index (χ4n) is 3.17. The van der Waals surface area contributed by atoms with Crippen LogP contribution in [0.25, 0.3) is 6.08 Å². The van der Waals surface area contributed by atoms with Gasteiger partial charge >= 0.3 is 0 Å². The number of phenols is 1. The second kappa shape index (κ2) is 10.6. The summed E-state index contributed by atoms with van der Waals surface area (Å²) in [5.41, 5.74) is 3.16. The largest absolute Gasteiger partial charge is 0.504 e. The number of carbonyl (C=O) groups excluding carboxylic acids is 1. The number of benzene rings is 3. The van der Waals surface area contributed by atoms with Crippen LogP contribution in [0.15, 0.2) is 60.2 Å². The van der Waals surface area contributed by atoms with Gasteiger partial charge in [-0.3, -0.25) is 4.79 Å². The number of amides is 1. The van der Waals surface area contributed by atoms with Crippen LogP contribution in [0.2, 0.25) is 5.02 Å². The molecular weight excluding hydrogens is 440 g/mol. The second-order valence-corrected chi connectivity index (χ2v) is 7.78. The molecule has 7 heteroatoms. The molecule has 168 valence electrons. The number of hydrogen-bond donors (Lipinski definition) is 2. The highest BCUT2D eigenvalue weighted by Crippen LogP contribution is 2.29. The van der Waals surface area contributed by atoms with Crippen molar-refractivity contribution in [3.8, 4) is 29.1 Å². The van der Waals surface area contributed by atoms with Gasteiger partial charge < -0.3 is 19.9 Å². The molecular formula is C26H23ClN2O4. The van der Waals surface area contributed by atoms with Crippen LogP contribution in [0, 0.1) is 25.2 Å². The number of hydrogen-bond acceptors (Lipinski definition) is 5. The minimum absolute atomic E-state index is 0.0739. The Kier molecular flexibility index (Phi) is 7.60. The Bertz CT molecular complexity index is 1220. The quantitative estimate of drug-likeness (QED) is 0.348. The number of phenolic OH excluding ortho intramolecular Hbond substituents is 1. The molecule has 0 unspecified atom stereocenters.